The summed E-state index contributed by atoms with van der Waals surface area (Å²) in [4.78, 5) is 21.8. The summed E-state index contributed by atoms with van der Waals surface area (Å²) in [7, 11) is 1.64. The van der Waals surface area contributed by atoms with Gasteiger partial charge in [-0.05, 0) is 43.2 Å². The van der Waals surface area contributed by atoms with Gasteiger partial charge >= 0.3 is 0 Å². The first-order valence-electron chi connectivity index (χ1n) is 12.3. The zero-order chi connectivity index (χ0) is 25.1. The maximum atomic E-state index is 13.1. The van der Waals surface area contributed by atoms with Crippen molar-refractivity contribution in [2.24, 2.45) is 0 Å². The van der Waals surface area contributed by atoms with Crippen LogP contribution in [0.25, 0.3) is 27.7 Å². The summed E-state index contributed by atoms with van der Waals surface area (Å²) < 4.78 is 11.5. The third-order valence-corrected chi connectivity index (χ3v) is 6.82. The molecule has 1 fully saturated rings. The molecule has 0 N–H and O–H groups in total. The molecule has 36 heavy (non-hydrogen) atoms. The fourth-order valence-electron chi connectivity index (χ4n) is 4.69. The second kappa shape index (κ2) is 10.4. The number of fused-ring (bicyclic) bond motifs is 1. The monoisotopic (exact) mass is 481 g/mol. The third-order valence-electron chi connectivity index (χ3n) is 6.82. The van der Waals surface area contributed by atoms with Crippen molar-refractivity contribution in [3.63, 3.8) is 0 Å². The number of carbonyl (C=O) groups is 1. The number of furan rings is 1. The molecule has 1 aliphatic heterocycles. The van der Waals surface area contributed by atoms with Gasteiger partial charge in [-0.25, -0.2) is 0 Å². The lowest BCUT2D eigenvalue weighted by molar-refractivity contribution is -0.127. The molecule has 2 aromatic heterocycles. The summed E-state index contributed by atoms with van der Waals surface area (Å²) in [5.74, 6) is 0.715. The Bertz CT molecular complexity index is 1380. The molecule has 4 aromatic rings. The lowest BCUT2D eigenvalue weighted by Crippen LogP contribution is -2.47. The number of rotatable bonds is 6. The topological polar surface area (TPSA) is 58.8 Å². The van der Waals surface area contributed by atoms with E-state index >= 15 is 0 Å². The van der Waals surface area contributed by atoms with Crippen LogP contribution in [0.3, 0.4) is 0 Å². The van der Waals surface area contributed by atoms with E-state index in [4.69, 9.17) is 9.15 Å². The number of hydrogen-bond acceptors (Lipinski definition) is 5. The van der Waals surface area contributed by atoms with Gasteiger partial charge in [0.1, 0.15) is 11.3 Å². The molecule has 2 aromatic carbocycles. The Balaban J connectivity index is 1.34. The Kier molecular flexibility index (Phi) is 6.87. The molecule has 184 valence electrons. The molecule has 1 saturated heterocycles. The van der Waals surface area contributed by atoms with Gasteiger partial charge in [0.2, 0.25) is 5.91 Å². The first kappa shape index (κ1) is 23.8. The normalized spacial score (nSPS) is 14.9. The summed E-state index contributed by atoms with van der Waals surface area (Å²) in [6, 6.07) is 18.3. The molecule has 0 saturated carbocycles. The largest absolute Gasteiger partial charge is 0.496 e. The van der Waals surface area contributed by atoms with Crippen molar-refractivity contribution in [3.05, 3.63) is 90.0 Å². The molecular formula is C30H31N3O3. The highest BCUT2D eigenvalue weighted by Crippen LogP contribution is 2.37. The molecule has 1 aliphatic rings. The maximum absolute atomic E-state index is 13.1. The summed E-state index contributed by atoms with van der Waals surface area (Å²) in [5.41, 5.74) is 6.90. The summed E-state index contributed by atoms with van der Waals surface area (Å²) in [5, 5.41) is 0.998. The van der Waals surface area contributed by atoms with E-state index in [1.165, 1.54) is 5.56 Å². The maximum Gasteiger partial charge on any atom is 0.246 e. The van der Waals surface area contributed by atoms with E-state index in [2.05, 4.69) is 47.1 Å². The van der Waals surface area contributed by atoms with Crippen LogP contribution >= 0.6 is 0 Å². The second-order valence-corrected chi connectivity index (χ2v) is 9.31. The predicted octanol–water partition coefficient (Wildman–Crippen LogP) is 5.56. The number of allylic oxidation sites excluding steroid dienone is 1. The van der Waals surface area contributed by atoms with E-state index in [1.807, 2.05) is 42.3 Å². The van der Waals surface area contributed by atoms with Gasteiger partial charge in [-0.15, -0.1) is 0 Å². The first-order valence-corrected chi connectivity index (χ1v) is 12.3. The highest BCUT2D eigenvalue weighted by Gasteiger charge is 2.21. The average molecular weight is 482 g/mol. The summed E-state index contributed by atoms with van der Waals surface area (Å²) in [6.45, 7) is 7.91. The van der Waals surface area contributed by atoms with Crippen LogP contribution in [0.5, 0.6) is 5.75 Å². The second-order valence-electron chi connectivity index (χ2n) is 9.31. The van der Waals surface area contributed by atoms with Crippen molar-refractivity contribution >= 4 is 22.4 Å². The molecule has 1 amide bonds. The van der Waals surface area contributed by atoms with Gasteiger partial charge in [0.05, 0.1) is 19.1 Å². The van der Waals surface area contributed by atoms with Crippen molar-refractivity contribution in [1.29, 1.82) is 0 Å². The van der Waals surface area contributed by atoms with Crippen LogP contribution in [0.15, 0.2) is 77.6 Å². The van der Waals surface area contributed by atoms with E-state index in [-0.39, 0.29) is 5.91 Å². The number of carbonyl (C=O) groups excluding carboxylic acids is 1. The van der Waals surface area contributed by atoms with Gasteiger partial charge in [-0.2, -0.15) is 0 Å². The quantitative estimate of drug-likeness (QED) is 0.338. The van der Waals surface area contributed by atoms with Crippen LogP contribution in [0.2, 0.25) is 0 Å². The number of ether oxygens (including phenoxy) is 1. The molecule has 0 spiro atoms. The van der Waals surface area contributed by atoms with E-state index in [9.17, 15) is 4.79 Å². The standard InChI is InChI=1S/C30H31N3O3/c1-21-7-9-23(10-8-21)27-20-36-29-18-28(35-3)25(17-26(27)29)22(2)16-30(34)33-14-12-32(13-15-33)19-24-6-4-5-11-31-24/h4-11,16-18,20H,12-15,19H2,1-3H3/b22-16+. The van der Waals surface area contributed by atoms with E-state index in [1.54, 1.807) is 19.4 Å². The summed E-state index contributed by atoms with van der Waals surface area (Å²) in [6.07, 6.45) is 5.33. The molecule has 5 rings (SSSR count). The minimum Gasteiger partial charge on any atom is -0.496 e. The van der Waals surface area contributed by atoms with Gasteiger partial charge in [0.15, 0.2) is 0 Å². The number of benzene rings is 2. The van der Waals surface area contributed by atoms with Gasteiger partial charge in [0, 0.05) is 67.6 Å². The lowest BCUT2D eigenvalue weighted by Gasteiger charge is -2.34. The Morgan fingerprint density at radius 3 is 2.56 bits per heavy atom. The Morgan fingerprint density at radius 2 is 1.86 bits per heavy atom. The molecule has 0 bridgehead atoms. The molecule has 6 nitrogen and oxygen atoms in total. The lowest BCUT2D eigenvalue weighted by atomic mass is 9.98. The highest BCUT2D eigenvalue weighted by molar-refractivity contribution is 6.00. The Morgan fingerprint density at radius 1 is 1.08 bits per heavy atom. The van der Waals surface area contributed by atoms with Crippen molar-refractivity contribution in [3.8, 4) is 16.9 Å². The minimum absolute atomic E-state index is 0.0260. The predicted molar refractivity (Wildman–Crippen MR) is 143 cm³/mol. The number of amides is 1. The van der Waals surface area contributed by atoms with E-state index < -0.39 is 0 Å². The fourth-order valence-corrected chi connectivity index (χ4v) is 4.69. The number of hydrogen-bond donors (Lipinski definition) is 0. The van der Waals surface area contributed by atoms with Crippen LogP contribution in [0.1, 0.15) is 23.7 Å². The average Bonchev–Trinajstić information content (AvgIpc) is 3.32. The number of piperazine rings is 1. The SMILES string of the molecule is COc1cc2occ(-c3ccc(C)cc3)c2cc1/C(C)=C/C(=O)N1CCN(Cc2ccccn2)CC1. The third kappa shape index (κ3) is 5.04. The van der Waals surface area contributed by atoms with Gasteiger partial charge in [-0.3, -0.25) is 14.7 Å². The highest BCUT2D eigenvalue weighted by atomic mass is 16.5. The van der Waals surface area contributed by atoms with E-state index in [0.717, 1.165) is 58.6 Å². The first-order chi connectivity index (χ1) is 17.5. The van der Waals surface area contributed by atoms with Gasteiger partial charge in [-0.1, -0.05) is 35.9 Å². The van der Waals surface area contributed by atoms with Gasteiger partial charge < -0.3 is 14.1 Å². The van der Waals surface area contributed by atoms with Crippen molar-refractivity contribution in [1.82, 2.24) is 14.8 Å². The van der Waals surface area contributed by atoms with Crippen molar-refractivity contribution in [2.45, 2.75) is 20.4 Å². The van der Waals surface area contributed by atoms with Crippen molar-refractivity contribution in [2.75, 3.05) is 33.3 Å². The number of pyridine rings is 1. The van der Waals surface area contributed by atoms with Crippen molar-refractivity contribution < 1.29 is 13.9 Å². The number of aryl methyl sites for hydroxylation is 1. The van der Waals surface area contributed by atoms with Crippen LogP contribution in [0, 0.1) is 6.92 Å². The molecule has 0 aliphatic carbocycles. The fraction of sp³-hybridized carbons (Fsp3) is 0.267. The molecule has 6 heteroatoms. The molecular weight excluding hydrogens is 450 g/mol. The zero-order valence-electron chi connectivity index (χ0n) is 21.0. The minimum atomic E-state index is 0.0260. The van der Waals surface area contributed by atoms with Gasteiger partial charge in [0.25, 0.3) is 0 Å². The van der Waals surface area contributed by atoms with Crippen LogP contribution in [0.4, 0.5) is 0 Å². The molecule has 3 heterocycles. The van der Waals surface area contributed by atoms with Crippen LogP contribution in [-0.4, -0.2) is 54.0 Å². The molecule has 0 radical (unpaired) electrons. The Hall–Kier alpha value is -3.90. The Labute approximate surface area is 211 Å². The number of methoxy groups -OCH3 is 1. The zero-order valence-corrected chi connectivity index (χ0v) is 21.0. The number of nitrogens with zero attached hydrogens (tertiary/aromatic N) is 3. The summed E-state index contributed by atoms with van der Waals surface area (Å²) >= 11 is 0. The molecule has 0 unspecified atom stereocenters. The van der Waals surface area contributed by atoms with Crippen LogP contribution < -0.4 is 4.74 Å². The smallest absolute Gasteiger partial charge is 0.246 e. The van der Waals surface area contributed by atoms with E-state index in [0.29, 0.717) is 18.8 Å². The van der Waals surface area contributed by atoms with Crippen LogP contribution in [-0.2, 0) is 11.3 Å². The molecule has 0 atom stereocenters. The number of aromatic nitrogens is 1.